The summed E-state index contributed by atoms with van der Waals surface area (Å²) in [5, 5.41) is 0. The third-order valence-corrected chi connectivity index (χ3v) is 4.59. The number of benzene rings is 1. The van der Waals surface area contributed by atoms with E-state index in [1.165, 1.54) is 6.42 Å². The molecule has 1 aromatic heterocycles. The van der Waals surface area contributed by atoms with Crippen LogP contribution in [-0.4, -0.2) is 40.7 Å². The van der Waals surface area contributed by atoms with Crippen LogP contribution in [0.3, 0.4) is 0 Å². The van der Waals surface area contributed by atoms with Gasteiger partial charge >= 0.3 is 0 Å². The van der Waals surface area contributed by atoms with E-state index in [1.807, 2.05) is 36.5 Å². The van der Waals surface area contributed by atoms with Crippen LogP contribution in [0.4, 0.5) is 0 Å². The fraction of sp³-hybridized carbons (Fsp3) is 0.444. The van der Waals surface area contributed by atoms with E-state index in [0.717, 1.165) is 54.2 Å². The lowest BCUT2D eigenvalue weighted by atomic mass is 10.1. The second kappa shape index (κ2) is 7.99. The van der Waals surface area contributed by atoms with Crippen LogP contribution in [0.25, 0.3) is 11.4 Å². The Morgan fingerprint density at radius 3 is 2.87 bits per heavy atom. The largest absolute Gasteiger partial charge is 0.377 e. The zero-order valence-corrected chi connectivity index (χ0v) is 15.0. The monoisotopic (exact) mass is 375 g/mol. The lowest BCUT2D eigenvalue weighted by Gasteiger charge is -2.32. The van der Waals surface area contributed by atoms with Gasteiger partial charge in [-0.1, -0.05) is 28.1 Å². The Bertz CT molecular complexity index is 630. The van der Waals surface area contributed by atoms with Crippen molar-refractivity contribution < 1.29 is 4.74 Å². The van der Waals surface area contributed by atoms with E-state index in [9.17, 15) is 0 Å². The first-order valence-corrected chi connectivity index (χ1v) is 8.95. The van der Waals surface area contributed by atoms with Gasteiger partial charge in [0.05, 0.1) is 11.8 Å². The molecule has 1 aliphatic rings. The Balaban J connectivity index is 1.69. The molecule has 0 N–H and O–H groups in total. The standard InChI is InChI=1S/C18H22BrN3O/c1-2-23-17-4-3-11-22(13-17)12-16-9-10-20-18(21-16)14-5-7-15(19)8-6-14/h5-10,17H,2-4,11-13H2,1H3. The topological polar surface area (TPSA) is 38.2 Å². The number of rotatable bonds is 5. The predicted molar refractivity (Wildman–Crippen MR) is 95.1 cm³/mol. The Morgan fingerprint density at radius 2 is 2.09 bits per heavy atom. The van der Waals surface area contributed by atoms with Crippen LogP contribution in [-0.2, 0) is 11.3 Å². The molecule has 0 spiro atoms. The molecular weight excluding hydrogens is 354 g/mol. The molecule has 2 heterocycles. The van der Waals surface area contributed by atoms with Crippen molar-refractivity contribution in [3.05, 3.63) is 46.7 Å². The molecule has 23 heavy (non-hydrogen) atoms. The van der Waals surface area contributed by atoms with E-state index in [-0.39, 0.29) is 0 Å². The second-order valence-corrected chi connectivity index (χ2v) is 6.75. The maximum atomic E-state index is 5.78. The van der Waals surface area contributed by atoms with Crippen LogP contribution in [0.5, 0.6) is 0 Å². The van der Waals surface area contributed by atoms with E-state index < -0.39 is 0 Å². The van der Waals surface area contributed by atoms with Crippen molar-refractivity contribution in [2.75, 3.05) is 19.7 Å². The van der Waals surface area contributed by atoms with Crippen molar-refractivity contribution >= 4 is 15.9 Å². The van der Waals surface area contributed by atoms with Crippen LogP contribution in [0, 0.1) is 0 Å². The highest BCUT2D eigenvalue weighted by molar-refractivity contribution is 9.10. The summed E-state index contributed by atoms with van der Waals surface area (Å²) >= 11 is 3.46. The normalized spacial score (nSPS) is 19.0. The molecule has 0 radical (unpaired) electrons. The summed E-state index contributed by atoms with van der Waals surface area (Å²) in [7, 11) is 0. The summed E-state index contributed by atoms with van der Waals surface area (Å²) in [6, 6.07) is 10.1. The van der Waals surface area contributed by atoms with E-state index in [0.29, 0.717) is 6.10 Å². The number of halogens is 1. The Labute approximate surface area is 146 Å². The van der Waals surface area contributed by atoms with Crippen LogP contribution < -0.4 is 0 Å². The quantitative estimate of drug-likeness (QED) is 0.793. The van der Waals surface area contributed by atoms with Crippen LogP contribution in [0.15, 0.2) is 41.0 Å². The van der Waals surface area contributed by atoms with Crippen molar-refractivity contribution in [2.24, 2.45) is 0 Å². The van der Waals surface area contributed by atoms with Crippen LogP contribution >= 0.6 is 15.9 Å². The van der Waals surface area contributed by atoms with Gasteiger partial charge in [0.15, 0.2) is 5.82 Å². The summed E-state index contributed by atoms with van der Waals surface area (Å²) in [5.74, 6) is 0.786. The first kappa shape index (κ1) is 16.6. The summed E-state index contributed by atoms with van der Waals surface area (Å²) in [5.41, 5.74) is 2.11. The number of ether oxygens (including phenoxy) is 1. The van der Waals surface area contributed by atoms with Gasteiger partial charge in [0, 0.05) is 35.9 Å². The summed E-state index contributed by atoms with van der Waals surface area (Å²) in [4.78, 5) is 11.6. The highest BCUT2D eigenvalue weighted by Crippen LogP contribution is 2.20. The van der Waals surface area contributed by atoms with Gasteiger partial charge in [-0.3, -0.25) is 4.90 Å². The van der Waals surface area contributed by atoms with Gasteiger partial charge in [0.1, 0.15) is 0 Å². The average molecular weight is 376 g/mol. The molecule has 5 heteroatoms. The highest BCUT2D eigenvalue weighted by atomic mass is 79.9. The van der Waals surface area contributed by atoms with Crippen LogP contribution in [0.2, 0.25) is 0 Å². The number of piperidine rings is 1. The zero-order chi connectivity index (χ0) is 16.1. The van der Waals surface area contributed by atoms with Crippen molar-refractivity contribution in [1.82, 2.24) is 14.9 Å². The van der Waals surface area contributed by atoms with Crippen molar-refractivity contribution in [2.45, 2.75) is 32.4 Å². The first-order valence-electron chi connectivity index (χ1n) is 8.16. The molecule has 1 aromatic carbocycles. The van der Waals surface area contributed by atoms with E-state index in [1.54, 1.807) is 0 Å². The lowest BCUT2D eigenvalue weighted by Crippen LogP contribution is -2.39. The molecule has 4 nitrogen and oxygen atoms in total. The Hall–Kier alpha value is -1.30. The molecule has 0 amide bonds. The third-order valence-electron chi connectivity index (χ3n) is 4.07. The third kappa shape index (κ3) is 4.59. The minimum atomic E-state index is 0.363. The van der Waals surface area contributed by atoms with Crippen molar-refractivity contribution in [1.29, 1.82) is 0 Å². The van der Waals surface area contributed by atoms with E-state index in [4.69, 9.17) is 9.72 Å². The van der Waals surface area contributed by atoms with Gasteiger partial charge in [-0.15, -0.1) is 0 Å². The van der Waals surface area contributed by atoms with Gasteiger partial charge in [-0.25, -0.2) is 9.97 Å². The molecule has 1 aliphatic heterocycles. The smallest absolute Gasteiger partial charge is 0.159 e. The SMILES string of the molecule is CCOC1CCCN(Cc2ccnc(-c3ccc(Br)cc3)n2)C1. The molecule has 1 fully saturated rings. The second-order valence-electron chi connectivity index (χ2n) is 5.83. The van der Waals surface area contributed by atoms with Gasteiger partial charge in [0.2, 0.25) is 0 Å². The van der Waals surface area contributed by atoms with E-state index in [2.05, 4.69) is 32.7 Å². The number of likely N-dealkylation sites (tertiary alicyclic amines) is 1. The fourth-order valence-corrected chi connectivity index (χ4v) is 3.24. The Kier molecular flexibility index (Phi) is 5.75. The zero-order valence-electron chi connectivity index (χ0n) is 13.4. The molecule has 1 unspecified atom stereocenters. The minimum absolute atomic E-state index is 0.363. The summed E-state index contributed by atoms with van der Waals surface area (Å²) < 4.78 is 6.84. The fourth-order valence-electron chi connectivity index (χ4n) is 2.98. The molecular formula is C18H22BrN3O. The Morgan fingerprint density at radius 1 is 1.26 bits per heavy atom. The van der Waals surface area contributed by atoms with E-state index >= 15 is 0 Å². The number of hydrogen-bond acceptors (Lipinski definition) is 4. The lowest BCUT2D eigenvalue weighted by molar-refractivity contribution is 0.00332. The molecule has 0 saturated carbocycles. The molecule has 3 rings (SSSR count). The number of nitrogens with zero attached hydrogens (tertiary/aromatic N) is 3. The molecule has 0 aliphatic carbocycles. The van der Waals surface area contributed by atoms with Gasteiger partial charge in [0.25, 0.3) is 0 Å². The van der Waals surface area contributed by atoms with Gasteiger partial charge in [-0.2, -0.15) is 0 Å². The first-order chi connectivity index (χ1) is 11.2. The van der Waals surface area contributed by atoms with Gasteiger partial charge in [-0.05, 0) is 44.5 Å². The van der Waals surface area contributed by atoms with Crippen molar-refractivity contribution in [3.8, 4) is 11.4 Å². The minimum Gasteiger partial charge on any atom is -0.377 e. The average Bonchev–Trinajstić information content (AvgIpc) is 2.56. The molecule has 0 bridgehead atoms. The number of aromatic nitrogens is 2. The molecule has 1 atom stereocenters. The van der Waals surface area contributed by atoms with Gasteiger partial charge < -0.3 is 4.74 Å². The maximum Gasteiger partial charge on any atom is 0.159 e. The maximum absolute atomic E-state index is 5.78. The van der Waals surface area contributed by atoms with Crippen LogP contribution in [0.1, 0.15) is 25.5 Å². The molecule has 122 valence electrons. The summed E-state index contributed by atoms with van der Waals surface area (Å²) in [6.45, 7) is 5.82. The predicted octanol–water partition coefficient (Wildman–Crippen LogP) is 3.91. The van der Waals surface area contributed by atoms with Crippen molar-refractivity contribution in [3.63, 3.8) is 0 Å². The summed E-state index contributed by atoms with van der Waals surface area (Å²) in [6.07, 6.45) is 4.57. The molecule has 1 saturated heterocycles. The highest BCUT2D eigenvalue weighted by Gasteiger charge is 2.20. The molecule has 2 aromatic rings. The number of hydrogen-bond donors (Lipinski definition) is 0.